The highest BCUT2D eigenvalue weighted by Crippen LogP contribution is 2.43. The summed E-state index contributed by atoms with van der Waals surface area (Å²) >= 11 is 2.04. The Labute approximate surface area is 134 Å². The molecule has 2 heterocycles. The predicted octanol–water partition coefficient (Wildman–Crippen LogP) is 3.07. The molecule has 2 atom stereocenters. The van der Waals surface area contributed by atoms with Crippen LogP contribution in [0, 0.1) is 11.8 Å². The Morgan fingerprint density at radius 2 is 2.10 bits per heavy atom. The standard InChI is InChI=1S/C17H33NO2S/c1-14(2)13-18-8-5-16(3,19)15-4-9-20-17(12-15)6-10-21-11-7-17/h14-15,18-19H,4-13H2,1-3H3. The number of nitrogens with one attached hydrogen (secondary N) is 1. The maximum Gasteiger partial charge on any atom is 0.0702 e. The quantitative estimate of drug-likeness (QED) is 0.739. The van der Waals surface area contributed by atoms with Gasteiger partial charge in [-0.1, -0.05) is 13.8 Å². The first-order valence-corrected chi connectivity index (χ1v) is 9.74. The fourth-order valence-corrected chi connectivity index (χ4v) is 4.82. The Kier molecular flexibility index (Phi) is 6.42. The summed E-state index contributed by atoms with van der Waals surface area (Å²) in [5.74, 6) is 3.48. The third-order valence-electron chi connectivity index (χ3n) is 5.14. The van der Waals surface area contributed by atoms with E-state index in [1.165, 1.54) is 11.5 Å². The van der Waals surface area contributed by atoms with Crippen molar-refractivity contribution in [2.75, 3.05) is 31.2 Å². The van der Waals surface area contributed by atoms with E-state index in [0.717, 1.165) is 51.8 Å². The SMILES string of the molecule is CC(C)CNCCC(C)(O)C1CCOC2(CCSCC2)C1. The molecule has 0 aromatic rings. The summed E-state index contributed by atoms with van der Waals surface area (Å²) in [6, 6.07) is 0. The van der Waals surface area contributed by atoms with Crippen LogP contribution in [-0.4, -0.2) is 47.5 Å². The molecule has 0 saturated carbocycles. The minimum atomic E-state index is -0.564. The zero-order chi connectivity index (χ0) is 15.3. The Bertz CT molecular complexity index is 308. The van der Waals surface area contributed by atoms with Crippen molar-refractivity contribution in [3.8, 4) is 0 Å². The second-order valence-corrected chi connectivity index (χ2v) is 8.76. The number of hydrogen-bond acceptors (Lipinski definition) is 4. The van der Waals surface area contributed by atoms with Gasteiger partial charge in [0.05, 0.1) is 11.2 Å². The molecule has 2 aliphatic rings. The molecule has 21 heavy (non-hydrogen) atoms. The number of rotatable bonds is 6. The summed E-state index contributed by atoms with van der Waals surface area (Å²) in [5, 5.41) is 14.4. The van der Waals surface area contributed by atoms with Gasteiger partial charge >= 0.3 is 0 Å². The molecule has 0 aliphatic carbocycles. The average Bonchev–Trinajstić information content (AvgIpc) is 2.44. The van der Waals surface area contributed by atoms with Gasteiger partial charge in [-0.05, 0) is 75.5 Å². The van der Waals surface area contributed by atoms with Gasteiger partial charge in [-0.3, -0.25) is 0 Å². The third-order valence-corrected chi connectivity index (χ3v) is 6.12. The molecule has 1 spiro atoms. The molecule has 2 aliphatic heterocycles. The van der Waals surface area contributed by atoms with Crippen LogP contribution in [0.3, 0.4) is 0 Å². The molecule has 2 rings (SSSR count). The van der Waals surface area contributed by atoms with Crippen molar-refractivity contribution in [3.63, 3.8) is 0 Å². The molecule has 0 aromatic heterocycles. The summed E-state index contributed by atoms with van der Waals surface area (Å²) in [7, 11) is 0. The summed E-state index contributed by atoms with van der Waals surface area (Å²) < 4.78 is 6.15. The molecular weight excluding hydrogens is 282 g/mol. The first kappa shape index (κ1) is 17.6. The second-order valence-electron chi connectivity index (χ2n) is 7.54. The molecule has 3 nitrogen and oxygen atoms in total. The fourth-order valence-electron chi connectivity index (χ4n) is 3.59. The maximum absolute atomic E-state index is 10.9. The van der Waals surface area contributed by atoms with Gasteiger partial charge in [0.1, 0.15) is 0 Å². The summed E-state index contributed by atoms with van der Waals surface area (Å²) in [6.45, 7) is 9.23. The van der Waals surface area contributed by atoms with Crippen molar-refractivity contribution < 1.29 is 9.84 Å². The van der Waals surface area contributed by atoms with Crippen molar-refractivity contribution in [1.29, 1.82) is 0 Å². The Morgan fingerprint density at radius 3 is 2.76 bits per heavy atom. The smallest absolute Gasteiger partial charge is 0.0702 e. The minimum absolute atomic E-state index is 0.0729. The second kappa shape index (κ2) is 7.67. The van der Waals surface area contributed by atoms with Gasteiger partial charge < -0.3 is 15.2 Å². The van der Waals surface area contributed by atoms with Gasteiger partial charge in [0.15, 0.2) is 0 Å². The van der Waals surface area contributed by atoms with E-state index in [2.05, 4.69) is 19.2 Å². The normalized spacial score (nSPS) is 28.7. The van der Waals surface area contributed by atoms with E-state index >= 15 is 0 Å². The topological polar surface area (TPSA) is 41.5 Å². The van der Waals surface area contributed by atoms with E-state index in [0.29, 0.717) is 11.8 Å². The van der Waals surface area contributed by atoms with Crippen LogP contribution in [0.5, 0.6) is 0 Å². The number of thioether (sulfide) groups is 1. The summed E-state index contributed by atoms with van der Waals surface area (Å²) in [5.41, 5.74) is -0.491. The molecule has 4 heteroatoms. The van der Waals surface area contributed by atoms with Crippen LogP contribution in [0.15, 0.2) is 0 Å². The highest BCUT2D eigenvalue weighted by atomic mass is 32.2. The first-order chi connectivity index (χ1) is 9.94. The summed E-state index contributed by atoms with van der Waals surface area (Å²) in [6.07, 6.45) is 5.22. The van der Waals surface area contributed by atoms with Gasteiger partial charge in [-0.15, -0.1) is 0 Å². The van der Waals surface area contributed by atoms with Gasteiger partial charge in [0.25, 0.3) is 0 Å². The van der Waals surface area contributed by atoms with Crippen LogP contribution in [0.2, 0.25) is 0 Å². The highest BCUT2D eigenvalue weighted by molar-refractivity contribution is 7.99. The summed E-state index contributed by atoms with van der Waals surface area (Å²) in [4.78, 5) is 0. The minimum Gasteiger partial charge on any atom is -0.390 e. The lowest BCUT2D eigenvalue weighted by Gasteiger charge is -2.47. The maximum atomic E-state index is 10.9. The van der Waals surface area contributed by atoms with E-state index in [4.69, 9.17) is 4.74 Å². The van der Waals surface area contributed by atoms with Gasteiger partial charge in [0, 0.05) is 6.61 Å². The average molecular weight is 316 g/mol. The van der Waals surface area contributed by atoms with Crippen LogP contribution < -0.4 is 5.32 Å². The van der Waals surface area contributed by atoms with Gasteiger partial charge in [-0.25, -0.2) is 0 Å². The predicted molar refractivity (Wildman–Crippen MR) is 90.9 cm³/mol. The highest BCUT2D eigenvalue weighted by Gasteiger charge is 2.44. The Morgan fingerprint density at radius 1 is 1.38 bits per heavy atom. The molecule has 0 amide bonds. The van der Waals surface area contributed by atoms with E-state index in [-0.39, 0.29) is 5.60 Å². The largest absolute Gasteiger partial charge is 0.390 e. The van der Waals surface area contributed by atoms with Crippen molar-refractivity contribution in [2.24, 2.45) is 11.8 Å². The number of aliphatic hydroxyl groups is 1. The molecular formula is C17H33NO2S. The van der Waals surface area contributed by atoms with Crippen LogP contribution in [0.1, 0.15) is 52.9 Å². The lowest BCUT2D eigenvalue weighted by molar-refractivity contribution is -0.143. The molecule has 124 valence electrons. The van der Waals surface area contributed by atoms with Crippen LogP contribution in [-0.2, 0) is 4.74 Å². The van der Waals surface area contributed by atoms with Crippen LogP contribution in [0.25, 0.3) is 0 Å². The van der Waals surface area contributed by atoms with Gasteiger partial charge in [-0.2, -0.15) is 11.8 Å². The van der Waals surface area contributed by atoms with Crippen molar-refractivity contribution in [2.45, 2.75) is 64.1 Å². The molecule has 0 bridgehead atoms. The molecule has 2 saturated heterocycles. The zero-order valence-corrected chi connectivity index (χ0v) is 14.8. The van der Waals surface area contributed by atoms with Crippen LogP contribution in [0.4, 0.5) is 0 Å². The van der Waals surface area contributed by atoms with E-state index < -0.39 is 5.60 Å². The van der Waals surface area contributed by atoms with Crippen LogP contribution >= 0.6 is 11.8 Å². The van der Waals surface area contributed by atoms with Gasteiger partial charge in [0.2, 0.25) is 0 Å². The van der Waals surface area contributed by atoms with E-state index in [9.17, 15) is 5.11 Å². The van der Waals surface area contributed by atoms with E-state index in [1.807, 2.05) is 18.7 Å². The monoisotopic (exact) mass is 315 g/mol. The molecule has 0 aromatic carbocycles. The molecule has 2 N–H and O–H groups in total. The zero-order valence-electron chi connectivity index (χ0n) is 14.0. The molecule has 2 unspecified atom stereocenters. The molecule has 2 fully saturated rings. The Hall–Kier alpha value is 0.230. The van der Waals surface area contributed by atoms with Crippen molar-refractivity contribution in [1.82, 2.24) is 5.32 Å². The Balaban J connectivity index is 1.83. The lowest BCUT2D eigenvalue weighted by atomic mass is 9.73. The fraction of sp³-hybridized carbons (Fsp3) is 1.00. The first-order valence-electron chi connectivity index (χ1n) is 8.58. The van der Waals surface area contributed by atoms with E-state index in [1.54, 1.807) is 0 Å². The molecule has 0 radical (unpaired) electrons. The number of ether oxygens (including phenoxy) is 1. The third kappa shape index (κ3) is 5.12. The number of hydrogen-bond donors (Lipinski definition) is 2. The lowest BCUT2D eigenvalue weighted by Crippen LogP contribution is -2.49. The van der Waals surface area contributed by atoms with Crippen molar-refractivity contribution >= 4 is 11.8 Å². The van der Waals surface area contributed by atoms with Crippen molar-refractivity contribution in [3.05, 3.63) is 0 Å².